The molecule has 37 heavy (non-hydrogen) atoms. The summed E-state index contributed by atoms with van der Waals surface area (Å²) in [6.07, 6.45) is 0. The number of aryl methyl sites for hydroxylation is 1. The summed E-state index contributed by atoms with van der Waals surface area (Å²) in [7, 11) is 0. The third-order valence-corrected chi connectivity index (χ3v) is 7.24. The molecule has 1 radical (unpaired) electrons. The molecule has 4 aromatic carbocycles. The Hall–Kier alpha value is -3.20. The number of para-hydroxylation sites is 1. The minimum absolute atomic E-state index is 0. The number of hydrazone groups is 1. The molecule has 0 fully saturated rings. The van der Waals surface area contributed by atoms with E-state index in [1.54, 1.807) is 0 Å². The van der Waals surface area contributed by atoms with Crippen LogP contribution in [0.2, 0.25) is 0 Å². The van der Waals surface area contributed by atoms with Gasteiger partial charge in [0.2, 0.25) is 0 Å². The van der Waals surface area contributed by atoms with E-state index in [-0.39, 0.29) is 20.1 Å². The molecule has 3 nitrogen and oxygen atoms in total. The van der Waals surface area contributed by atoms with Gasteiger partial charge in [0.15, 0.2) is 0 Å². The molecule has 0 N–H and O–H groups in total. The van der Waals surface area contributed by atoms with Crippen LogP contribution < -0.4 is 9.91 Å². The third-order valence-electron chi connectivity index (χ3n) is 7.24. The van der Waals surface area contributed by atoms with Gasteiger partial charge in [-0.05, 0) is 53.1 Å². The Labute approximate surface area is 234 Å². The van der Waals surface area contributed by atoms with Crippen LogP contribution in [0.5, 0.6) is 0 Å². The van der Waals surface area contributed by atoms with Crippen molar-refractivity contribution in [3.63, 3.8) is 0 Å². The zero-order valence-corrected chi connectivity index (χ0v) is 24.3. The molecule has 189 valence electrons. The van der Waals surface area contributed by atoms with Crippen LogP contribution in [0, 0.1) is 19.7 Å². The first-order valence-electron chi connectivity index (χ1n) is 12.8. The molecule has 2 aliphatic rings. The topological polar surface area (TPSA) is 18.8 Å². The van der Waals surface area contributed by atoms with Crippen LogP contribution >= 0.6 is 0 Å². The minimum atomic E-state index is 0. The predicted octanol–water partition coefficient (Wildman–Crippen LogP) is 8.49. The summed E-state index contributed by atoms with van der Waals surface area (Å²) in [4.78, 5) is 2.17. The smallest absolute Gasteiger partial charge is 0.127 e. The summed E-state index contributed by atoms with van der Waals surface area (Å²) in [5.41, 5.74) is 12.3. The normalized spacial score (nSPS) is 13.8. The Morgan fingerprint density at radius 3 is 2.16 bits per heavy atom. The van der Waals surface area contributed by atoms with E-state index in [0.717, 1.165) is 22.8 Å². The first-order valence-corrected chi connectivity index (χ1v) is 12.8. The van der Waals surface area contributed by atoms with E-state index in [9.17, 15) is 0 Å². The van der Waals surface area contributed by atoms with E-state index in [0.29, 0.717) is 11.8 Å². The second-order valence-corrected chi connectivity index (χ2v) is 10.4. The van der Waals surface area contributed by atoms with Crippen LogP contribution in [0.1, 0.15) is 61.8 Å². The molecule has 4 aromatic rings. The molecule has 2 aliphatic heterocycles. The number of nitrogens with zero attached hydrogens (tertiary/aromatic N) is 3. The summed E-state index contributed by atoms with van der Waals surface area (Å²) in [6.45, 7) is 13.3. The van der Waals surface area contributed by atoms with Crippen molar-refractivity contribution in [2.24, 2.45) is 5.10 Å². The average molecular weight is 662 g/mol. The number of benzene rings is 4. The summed E-state index contributed by atoms with van der Waals surface area (Å²) in [5, 5.41) is 7.01. The van der Waals surface area contributed by atoms with Gasteiger partial charge in [-0.25, -0.2) is 0 Å². The second kappa shape index (κ2) is 9.93. The van der Waals surface area contributed by atoms with E-state index in [2.05, 4.69) is 125 Å². The molecule has 6 rings (SSSR count). The van der Waals surface area contributed by atoms with Crippen molar-refractivity contribution in [3.8, 4) is 22.3 Å². The van der Waals surface area contributed by atoms with Crippen LogP contribution in [0.4, 0.5) is 11.4 Å². The fourth-order valence-electron chi connectivity index (χ4n) is 5.36. The first kappa shape index (κ1) is 25.4. The van der Waals surface area contributed by atoms with Crippen molar-refractivity contribution in [2.75, 3.05) is 9.91 Å². The van der Waals surface area contributed by atoms with Crippen LogP contribution in [-0.2, 0) is 20.1 Å². The van der Waals surface area contributed by atoms with Gasteiger partial charge in [-0.1, -0.05) is 93.0 Å². The number of hydrogen-bond acceptors (Lipinski definition) is 3. The number of anilines is 2. The second-order valence-electron chi connectivity index (χ2n) is 10.4. The molecule has 4 heteroatoms. The van der Waals surface area contributed by atoms with Gasteiger partial charge >= 0.3 is 0 Å². The van der Waals surface area contributed by atoms with Crippen LogP contribution in [0.25, 0.3) is 22.3 Å². The molecule has 0 atom stereocenters. The number of amidine groups is 1. The molecule has 0 aliphatic carbocycles. The quantitative estimate of drug-likeness (QED) is 0.204. The van der Waals surface area contributed by atoms with Gasteiger partial charge in [0.1, 0.15) is 5.84 Å². The Morgan fingerprint density at radius 2 is 1.49 bits per heavy atom. The largest absolute Gasteiger partial charge is 0.476 e. The van der Waals surface area contributed by atoms with Gasteiger partial charge in [0.05, 0.1) is 0 Å². The molecule has 2 heterocycles. The van der Waals surface area contributed by atoms with E-state index in [4.69, 9.17) is 5.10 Å². The van der Waals surface area contributed by atoms with E-state index in [1.165, 1.54) is 38.9 Å². The molecule has 0 saturated carbocycles. The van der Waals surface area contributed by atoms with Gasteiger partial charge in [-0.3, -0.25) is 0 Å². The van der Waals surface area contributed by atoms with Gasteiger partial charge in [-0.2, -0.15) is 29.4 Å². The van der Waals surface area contributed by atoms with Gasteiger partial charge in [-0.15, -0.1) is 12.2 Å². The summed E-state index contributed by atoms with van der Waals surface area (Å²) >= 11 is 0. The minimum Gasteiger partial charge on any atom is -0.476 e. The molecule has 0 spiro atoms. The van der Waals surface area contributed by atoms with Crippen LogP contribution in [0.3, 0.4) is 0 Å². The summed E-state index contributed by atoms with van der Waals surface area (Å²) in [5.74, 6) is 1.83. The Balaban J connectivity index is 0.00000280. The monoisotopic (exact) mass is 662 g/mol. The van der Waals surface area contributed by atoms with Crippen molar-refractivity contribution in [2.45, 2.75) is 46.5 Å². The molecule has 0 unspecified atom stereocenters. The van der Waals surface area contributed by atoms with E-state index in [1.807, 2.05) is 11.1 Å². The van der Waals surface area contributed by atoms with Crippen molar-refractivity contribution in [3.05, 3.63) is 114 Å². The fraction of sp³-hybridized carbons (Fsp3) is 0.212. The number of hydrogen-bond donors (Lipinski definition) is 0. The van der Waals surface area contributed by atoms with Crippen LogP contribution in [0.15, 0.2) is 84.0 Å². The Morgan fingerprint density at radius 1 is 0.784 bits per heavy atom. The average Bonchev–Trinajstić information content (AvgIpc) is 3.34. The Kier molecular flexibility index (Phi) is 6.83. The summed E-state index contributed by atoms with van der Waals surface area (Å²) < 4.78 is 0. The maximum absolute atomic E-state index is 5.04. The zero-order valence-electron chi connectivity index (χ0n) is 21.9. The zero-order chi connectivity index (χ0) is 25.0. The molecular weight excluding hydrogens is 631 g/mol. The fourth-order valence-corrected chi connectivity index (χ4v) is 5.36. The predicted molar refractivity (Wildman–Crippen MR) is 151 cm³/mol. The van der Waals surface area contributed by atoms with Crippen molar-refractivity contribution in [1.82, 2.24) is 0 Å². The number of rotatable bonds is 4. The van der Waals surface area contributed by atoms with Crippen molar-refractivity contribution >= 4 is 17.2 Å². The van der Waals surface area contributed by atoms with E-state index < -0.39 is 0 Å². The third kappa shape index (κ3) is 4.33. The van der Waals surface area contributed by atoms with Crippen molar-refractivity contribution in [1.29, 1.82) is 0 Å². The summed E-state index contributed by atoms with van der Waals surface area (Å²) in [6, 6.07) is 31.9. The van der Waals surface area contributed by atoms with Gasteiger partial charge in [0.25, 0.3) is 0 Å². The molecule has 0 amide bonds. The standard InChI is InChI=1S/C33H31N3.Ir/c1-21(2)26-10-8-11-27(22(3)4)32(26)24-15-18-29-30(19-24)28-9-6-7-12-31(28)35-20-36(34-33(29)35)25-16-13-23(5)14-17-25;/h6-11,13-22H,1-5H3;/q-2;. The molecule has 0 saturated heterocycles. The molecular formula is C33H31IrN3-2. The maximum Gasteiger partial charge on any atom is 0.127 e. The van der Waals surface area contributed by atoms with Gasteiger partial charge in [0, 0.05) is 31.4 Å². The Bertz CT molecular complexity index is 1460. The molecule has 0 bridgehead atoms. The van der Waals surface area contributed by atoms with Crippen molar-refractivity contribution < 1.29 is 20.1 Å². The number of fused-ring (bicyclic) bond motifs is 6. The SMILES string of the molecule is Cc1ccc(N2[CH-]N3C(=N2)c2ccc(-c4c(C(C)C)cccc4C(C)C)cc2-c2ccc[c-]c23)cc1.[Ir]. The van der Waals surface area contributed by atoms with Crippen LogP contribution in [-0.4, -0.2) is 5.84 Å². The maximum atomic E-state index is 5.04. The van der Waals surface area contributed by atoms with Gasteiger partial charge < -0.3 is 9.91 Å². The van der Waals surface area contributed by atoms with E-state index >= 15 is 0 Å². The first-order chi connectivity index (χ1) is 17.4. The molecule has 0 aromatic heterocycles.